The molecule has 1 aromatic rings. The van der Waals surface area contributed by atoms with E-state index in [9.17, 15) is 4.79 Å². The number of nitrogens with two attached hydrogens (primary N) is 1. The number of anilines is 2. The van der Waals surface area contributed by atoms with Crippen LogP contribution in [-0.4, -0.2) is 34.8 Å². The number of hydrogen-bond acceptors (Lipinski definition) is 4. The minimum Gasteiger partial charge on any atom is -0.444 e. The SMILES string of the molecule is CC(C)(C)OC(=O)N1CCNc2ccc(NC(N)=S)cc2C1. The topological polar surface area (TPSA) is 79.6 Å². The molecule has 0 atom stereocenters. The van der Waals surface area contributed by atoms with Crippen LogP contribution in [0.2, 0.25) is 0 Å². The van der Waals surface area contributed by atoms with Crippen molar-refractivity contribution in [2.24, 2.45) is 5.73 Å². The first-order valence-corrected chi connectivity index (χ1v) is 7.56. The summed E-state index contributed by atoms with van der Waals surface area (Å²) in [5, 5.41) is 6.43. The van der Waals surface area contributed by atoms with Crippen molar-refractivity contribution < 1.29 is 9.53 Å². The van der Waals surface area contributed by atoms with Crippen LogP contribution in [0.4, 0.5) is 16.2 Å². The maximum Gasteiger partial charge on any atom is 0.410 e. The number of nitrogens with one attached hydrogen (secondary N) is 2. The summed E-state index contributed by atoms with van der Waals surface area (Å²) in [5.41, 5.74) is 7.79. The molecular weight excluding hydrogens is 300 g/mol. The summed E-state index contributed by atoms with van der Waals surface area (Å²) in [6.07, 6.45) is -0.310. The smallest absolute Gasteiger partial charge is 0.410 e. The van der Waals surface area contributed by atoms with E-state index in [-0.39, 0.29) is 11.2 Å². The first kappa shape index (κ1) is 16.4. The lowest BCUT2D eigenvalue weighted by Crippen LogP contribution is -2.37. The number of thiocarbonyl (C=S) groups is 1. The molecule has 0 radical (unpaired) electrons. The van der Waals surface area contributed by atoms with Gasteiger partial charge in [-0.05, 0) is 56.8 Å². The Labute approximate surface area is 136 Å². The Kier molecular flexibility index (Phi) is 4.75. The van der Waals surface area contributed by atoms with E-state index in [0.29, 0.717) is 19.6 Å². The molecule has 0 spiro atoms. The Morgan fingerprint density at radius 3 is 2.82 bits per heavy atom. The van der Waals surface area contributed by atoms with Gasteiger partial charge in [-0.15, -0.1) is 0 Å². The van der Waals surface area contributed by atoms with E-state index in [0.717, 1.165) is 16.9 Å². The zero-order valence-electron chi connectivity index (χ0n) is 13.1. The van der Waals surface area contributed by atoms with Crippen molar-refractivity contribution in [3.05, 3.63) is 23.8 Å². The lowest BCUT2D eigenvalue weighted by Gasteiger charge is -2.26. The standard InChI is InChI=1S/C15H22N4O2S/c1-15(2,3)21-14(20)19-7-6-17-12-5-4-11(18-13(16)22)8-10(12)9-19/h4-5,8,17H,6-7,9H2,1-3H3,(H3,16,18,22). The molecule has 7 heteroatoms. The van der Waals surface area contributed by atoms with Gasteiger partial charge in [0.2, 0.25) is 0 Å². The molecule has 6 nitrogen and oxygen atoms in total. The molecule has 22 heavy (non-hydrogen) atoms. The van der Waals surface area contributed by atoms with Crippen LogP contribution >= 0.6 is 12.2 Å². The normalized spacial score (nSPS) is 14.4. The van der Waals surface area contributed by atoms with Crippen LogP contribution in [0, 0.1) is 0 Å². The number of hydrogen-bond donors (Lipinski definition) is 3. The number of rotatable bonds is 1. The predicted molar refractivity (Wildman–Crippen MR) is 92.0 cm³/mol. The lowest BCUT2D eigenvalue weighted by atomic mass is 10.1. The molecule has 0 aromatic heterocycles. The second-order valence-corrected chi connectivity index (χ2v) is 6.63. The molecule has 120 valence electrons. The second-order valence-electron chi connectivity index (χ2n) is 6.19. The molecule has 0 bridgehead atoms. The number of fused-ring (bicyclic) bond motifs is 1. The largest absolute Gasteiger partial charge is 0.444 e. The van der Waals surface area contributed by atoms with E-state index >= 15 is 0 Å². The van der Waals surface area contributed by atoms with E-state index in [1.807, 2.05) is 39.0 Å². The molecule has 1 heterocycles. The third kappa shape index (κ3) is 4.49. The van der Waals surface area contributed by atoms with Crippen molar-refractivity contribution in [2.45, 2.75) is 32.9 Å². The second kappa shape index (κ2) is 6.39. The third-order valence-corrected chi connectivity index (χ3v) is 3.18. The van der Waals surface area contributed by atoms with Crippen molar-refractivity contribution in [1.82, 2.24) is 4.90 Å². The Balaban J connectivity index is 2.17. The van der Waals surface area contributed by atoms with Gasteiger partial charge in [-0.25, -0.2) is 4.79 Å². The first-order valence-electron chi connectivity index (χ1n) is 7.16. The van der Waals surface area contributed by atoms with E-state index in [4.69, 9.17) is 22.7 Å². The summed E-state index contributed by atoms with van der Waals surface area (Å²) in [7, 11) is 0. The van der Waals surface area contributed by atoms with Crippen molar-refractivity contribution in [1.29, 1.82) is 0 Å². The van der Waals surface area contributed by atoms with Crippen LogP contribution < -0.4 is 16.4 Å². The van der Waals surface area contributed by atoms with Gasteiger partial charge >= 0.3 is 6.09 Å². The Hall–Kier alpha value is -2.02. The number of amides is 1. The van der Waals surface area contributed by atoms with Crippen molar-refractivity contribution >= 4 is 34.8 Å². The predicted octanol–water partition coefficient (Wildman–Crippen LogP) is 2.50. The average molecular weight is 322 g/mol. The van der Waals surface area contributed by atoms with Gasteiger partial charge in [0, 0.05) is 24.5 Å². The molecular formula is C15H22N4O2S. The number of ether oxygens (including phenoxy) is 1. The summed E-state index contributed by atoms with van der Waals surface area (Å²) in [5.74, 6) is 0. The Morgan fingerprint density at radius 1 is 1.45 bits per heavy atom. The lowest BCUT2D eigenvalue weighted by molar-refractivity contribution is 0.0245. The number of benzene rings is 1. The third-order valence-electron chi connectivity index (χ3n) is 3.08. The van der Waals surface area contributed by atoms with Crippen LogP contribution in [0.25, 0.3) is 0 Å². The van der Waals surface area contributed by atoms with E-state index in [1.165, 1.54) is 0 Å². The van der Waals surface area contributed by atoms with Crippen LogP contribution in [0.5, 0.6) is 0 Å². The van der Waals surface area contributed by atoms with Gasteiger partial charge in [-0.2, -0.15) is 0 Å². The van der Waals surface area contributed by atoms with Gasteiger partial charge in [0.1, 0.15) is 5.60 Å². The van der Waals surface area contributed by atoms with E-state index in [1.54, 1.807) is 4.90 Å². The van der Waals surface area contributed by atoms with Gasteiger partial charge in [0.05, 0.1) is 6.54 Å². The summed E-state index contributed by atoms with van der Waals surface area (Å²) in [6.45, 7) is 7.32. The molecule has 1 aliphatic heterocycles. The molecule has 1 aromatic carbocycles. The number of carbonyl (C=O) groups excluding carboxylic acids is 1. The molecule has 1 aliphatic rings. The van der Waals surface area contributed by atoms with Crippen molar-refractivity contribution in [3.8, 4) is 0 Å². The van der Waals surface area contributed by atoms with Crippen LogP contribution in [0.1, 0.15) is 26.3 Å². The van der Waals surface area contributed by atoms with Crippen LogP contribution in [0.3, 0.4) is 0 Å². The number of carbonyl (C=O) groups is 1. The fraction of sp³-hybridized carbons (Fsp3) is 0.467. The highest BCUT2D eigenvalue weighted by Crippen LogP contribution is 2.25. The van der Waals surface area contributed by atoms with Crippen LogP contribution in [0.15, 0.2) is 18.2 Å². The molecule has 0 saturated heterocycles. The van der Waals surface area contributed by atoms with E-state index in [2.05, 4.69) is 10.6 Å². The highest BCUT2D eigenvalue weighted by Gasteiger charge is 2.24. The van der Waals surface area contributed by atoms with E-state index < -0.39 is 5.60 Å². The van der Waals surface area contributed by atoms with Gasteiger partial charge in [-0.1, -0.05) is 0 Å². The molecule has 2 rings (SSSR count). The van der Waals surface area contributed by atoms with Gasteiger partial charge < -0.3 is 26.0 Å². The highest BCUT2D eigenvalue weighted by molar-refractivity contribution is 7.80. The summed E-state index contributed by atoms with van der Waals surface area (Å²) in [6, 6.07) is 5.78. The maximum absolute atomic E-state index is 12.3. The molecule has 0 unspecified atom stereocenters. The summed E-state index contributed by atoms with van der Waals surface area (Å²) >= 11 is 4.85. The van der Waals surface area contributed by atoms with Crippen molar-refractivity contribution in [2.75, 3.05) is 23.7 Å². The highest BCUT2D eigenvalue weighted by atomic mass is 32.1. The average Bonchev–Trinajstić information content (AvgIpc) is 2.57. The van der Waals surface area contributed by atoms with Gasteiger partial charge in [0.25, 0.3) is 0 Å². The fourth-order valence-corrected chi connectivity index (χ4v) is 2.33. The number of nitrogens with zero attached hydrogens (tertiary/aromatic N) is 1. The van der Waals surface area contributed by atoms with Gasteiger partial charge in [0.15, 0.2) is 5.11 Å². The minimum absolute atomic E-state index is 0.213. The van der Waals surface area contributed by atoms with Crippen LogP contribution in [-0.2, 0) is 11.3 Å². The van der Waals surface area contributed by atoms with Gasteiger partial charge in [-0.3, -0.25) is 0 Å². The molecule has 0 saturated carbocycles. The summed E-state index contributed by atoms with van der Waals surface area (Å²) < 4.78 is 5.45. The Bertz CT molecular complexity index is 583. The van der Waals surface area contributed by atoms with Crippen molar-refractivity contribution in [3.63, 3.8) is 0 Å². The maximum atomic E-state index is 12.3. The molecule has 0 aliphatic carbocycles. The molecule has 0 fully saturated rings. The Morgan fingerprint density at radius 2 is 2.18 bits per heavy atom. The first-order chi connectivity index (χ1) is 10.2. The molecule has 4 N–H and O–H groups in total. The quantitative estimate of drug-likeness (QED) is 0.690. The molecule has 1 amide bonds. The zero-order valence-corrected chi connectivity index (χ0v) is 13.9. The summed E-state index contributed by atoms with van der Waals surface area (Å²) in [4.78, 5) is 13.9. The fourth-order valence-electron chi connectivity index (χ4n) is 2.21. The minimum atomic E-state index is -0.505. The zero-order chi connectivity index (χ0) is 16.3. The monoisotopic (exact) mass is 322 g/mol.